The smallest absolute Gasteiger partial charge is 0.273 e. The second kappa shape index (κ2) is 7.47. The van der Waals surface area contributed by atoms with Crippen LogP contribution in [0.15, 0.2) is 59.3 Å². The summed E-state index contributed by atoms with van der Waals surface area (Å²) >= 11 is 0. The highest BCUT2D eigenvalue weighted by Gasteiger charge is 2.17. The topological polar surface area (TPSA) is 98.6 Å². The number of hydrogen-bond acceptors (Lipinski definition) is 6. The molecular weight excluding hydrogens is 386 g/mol. The molecule has 2 N–H and O–H groups in total. The molecule has 30 heavy (non-hydrogen) atoms. The first kappa shape index (κ1) is 18.1. The molecule has 5 rings (SSSR count). The van der Waals surface area contributed by atoms with Crippen LogP contribution in [0.1, 0.15) is 34.9 Å². The summed E-state index contributed by atoms with van der Waals surface area (Å²) in [4.78, 5) is 19.9. The van der Waals surface area contributed by atoms with Crippen LogP contribution in [-0.2, 0) is 6.61 Å². The zero-order valence-corrected chi connectivity index (χ0v) is 16.2. The normalized spacial score (nSPS) is 13.4. The number of benzene rings is 2. The Kier molecular flexibility index (Phi) is 4.51. The molecule has 0 bridgehead atoms. The fourth-order valence-electron chi connectivity index (χ4n) is 3.29. The average Bonchev–Trinajstić information content (AvgIpc) is 3.51. The van der Waals surface area contributed by atoms with Crippen LogP contribution < -0.4 is 19.5 Å². The molecule has 2 aromatic heterocycles. The SMILES string of the molecule is C[C@@H](NC(=O)c1coc(COc2ccc3c(c2)OCO3)n1)c1ccc2[nH]ccc2c1. The van der Waals surface area contributed by atoms with Crippen molar-refractivity contribution in [2.45, 2.75) is 19.6 Å². The van der Waals surface area contributed by atoms with Gasteiger partial charge in [-0.3, -0.25) is 4.79 Å². The number of ether oxygens (including phenoxy) is 3. The number of hydrogen-bond donors (Lipinski definition) is 2. The van der Waals surface area contributed by atoms with Crippen molar-refractivity contribution in [3.05, 3.63) is 72.1 Å². The van der Waals surface area contributed by atoms with Gasteiger partial charge in [0.1, 0.15) is 12.0 Å². The van der Waals surface area contributed by atoms with Crippen LogP contribution in [0.2, 0.25) is 0 Å². The van der Waals surface area contributed by atoms with Crippen molar-refractivity contribution in [2.24, 2.45) is 0 Å². The van der Waals surface area contributed by atoms with Crippen molar-refractivity contribution in [3.63, 3.8) is 0 Å². The minimum atomic E-state index is -0.310. The van der Waals surface area contributed by atoms with Crippen molar-refractivity contribution >= 4 is 16.8 Å². The number of H-pyrrole nitrogens is 1. The van der Waals surface area contributed by atoms with Crippen LogP contribution in [0.25, 0.3) is 10.9 Å². The lowest BCUT2D eigenvalue weighted by Crippen LogP contribution is -2.27. The molecule has 8 nitrogen and oxygen atoms in total. The van der Waals surface area contributed by atoms with Crippen molar-refractivity contribution in [3.8, 4) is 17.2 Å². The molecule has 1 aliphatic rings. The van der Waals surface area contributed by atoms with Gasteiger partial charge >= 0.3 is 0 Å². The first-order valence-corrected chi connectivity index (χ1v) is 9.50. The zero-order valence-electron chi connectivity index (χ0n) is 16.2. The third-order valence-electron chi connectivity index (χ3n) is 4.92. The van der Waals surface area contributed by atoms with Crippen LogP contribution in [0, 0.1) is 0 Å². The number of fused-ring (bicyclic) bond motifs is 2. The first-order chi connectivity index (χ1) is 14.7. The van der Waals surface area contributed by atoms with Gasteiger partial charge in [0, 0.05) is 17.8 Å². The molecule has 1 amide bonds. The molecule has 4 aromatic rings. The highest BCUT2D eigenvalue weighted by atomic mass is 16.7. The molecule has 1 aliphatic heterocycles. The highest BCUT2D eigenvalue weighted by molar-refractivity contribution is 5.92. The van der Waals surface area contributed by atoms with Crippen molar-refractivity contribution < 1.29 is 23.4 Å². The van der Waals surface area contributed by atoms with E-state index in [-0.39, 0.29) is 31.0 Å². The Morgan fingerprint density at radius 1 is 1.20 bits per heavy atom. The molecule has 0 spiro atoms. The van der Waals surface area contributed by atoms with E-state index in [0.29, 0.717) is 23.1 Å². The molecule has 8 heteroatoms. The maximum Gasteiger partial charge on any atom is 0.273 e. The molecule has 2 aromatic carbocycles. The van der Waals surface area contributed by atoms with Gasteiger partial charge in [-0.05, 0) is 48.2 Å². The van der Waals surface area contributed by atoms with Gasteiger partial charge in [-0.25, -0.2) is 4.98 Å². The van der Waals surface area contributed by atoms with Crippen LogP contribution in [0.4, 0.5) is 0 Å². The lowest BCUT2D eigenvalue weighted by Gasteiger charge is -2.13. The Balaban J connectivity index is 1.20. The second-order valence-electron chi connectivity index (χ2n) is 6.95. The number of oxazole rings is 1. The lowest BCUT2D eigenvalue weighted by atomic mass is 10.1. The quantitative estimate of drug-likeness (QED) is 0.504. The zero-order chi connectivity index (χ0) is 20.5. The number of aromatic amines is 1. The molecule has 0 aliphatic carbocycles. The number of aromatic nitrogens is 2. The van der Waals surface area contributed by atoms with Gasteiger partial charge in [0.15, 0.2) is 23.8 Å². The van der Waals surface area contributed by atoms with Crippen LogP contribution in [0.3, 0.4) is 0 Å². The molecular formula is C22H19N3O5. The van der Waals surface area contributed by atoms with E-state index in [0.717, 1.165) is 16.5 Å². The predicted octanol–water partition coefficient (Wildman–Crippen LogP) is 3.95. The number of amides is 1. The summed E-state index contributed by atoms with van der Waals surface area (Å²) in [6.45, 7) is 2.22. The number of carbonyl (C=O) groups excluding carboxylic acids is 1. The fraction of sp³-hybridized carbons (Fsp3) is 0.182. The minimum Gasteiger partial charge on any atom is -0.484 e. The van der Waals surface area contributed by atoms with Crippen LogP contribution in [-0.4, -0.2) is 22.7 Å². The molecule has 1 atom stereocenters. The molecule has 0 radical (unpaired) electrons. The largest absolute Gasteiger partial charge is 0.484 e. The van der Waals surface area contributed by atoms with Crippen LogP contribution in [0.5, 0.6) is 17.2 Å². The molecule has 0 fully saturated rings. The Morgan fingerprint density at radius 3 is 3.03 bits per heavy atom. The van der Waals surface area contributed by atoms with E-state index in [2.05, 4.69) is 15.3 Å². The summed E-state index contributed by atoms with van der Waals surface area (Å²) in [6.07, 6.45) is 3.22. The fourth-order valence-corrected chi connectivity index (χ4v) is 3.29. The Morgan fingerprint density at radius 2 is 2.10 bits per heavy atom. The first-order valence-electron chi connectivity index (χ1n) is 9.50. The van der Waals surface area contributed by atoms with Crippen molar-refractivity contribution in [1.82, 2.24) is 15.3 Å². The van der Waals surface area contributed by atoms with Gasteiger partial charge < -0.3 is 28.9 Å². The average molecular weight is 405 g/mol. The maximum atomic E-state index is 12.5. The molecule has 0 saturated carbocycles. The lowest BCUT2D eigenvalue weighted by molar-refractivity contribution is 0.0934. The minimum absolute atomic E-state index is 0.0899. The van der Waals surface area contributed by atoms with E-state index in [1.54, 1.807) is 18.2 Å². The molecule has 0 unspecified atom stereocenters. The van der Waals surface area contributed by atoms with Gasteiger partial charge in [-0.2, -0.15) is 0 Å². The Hall–Kier alpha value is -3.94. The van der Waals surface area contributed by atoms with E-state index in [4.69, 9.17) is 18.6 Å². The third kappa shape index (κ3) is 3.55. The van der Waals surface area contributed by atoms with Gasteiger partial charge in [0.2, 0.25) is 12.7 Å². The van der Waals surface area contributed by atoms with Gasteiger partial charge in [-0.1, -0.05) is 6.07 Å². The predicted molar refractivity (Wildman–Crippen MR) is 108 cm³/mol. The van der Waals surface area contributed by atoms with Crippen LogP contribution >= 0.6 is 0 Å². The molecule has 3 heterocycles. The molecule has 0 saturated heterocycles. The number of nitrogens with one attached hydrogen (secondary N) is 2. The monoisotopic (exact) mass is 405 g/mol. The van der Waals surface area contributed by atoms with Crippen molar-refractivity contribution in [2.75, 3.05) is 6.79 Å². The second-order valence-corrected chi connectivity index (χ2v) is 6.95. The summed E-state index contributed by atoms with van der Waals surface area (Å²) in [5.74, 6) is 1.90. The highest BCUT2D eigenvalue weighted by Crippen LogP contribution is 2.35. The van der Waals surface area contributed by atoms with Crippen molar-refractivity contribution in [1.29, 1.82) is 0 Å². The van der Waals surface area contributed by atoms with Gasteiger partial charge in [-0.15, -0.1) is 0 Å². The standard InChI is InChI=1S/C22H19N3O5/c1-13(14-2-4-17-15(8-14)6-7-23-17)24-22(26)18-10-28-21(25-18)11-27-16-3-5-19-20(9-16)30-12-29-19/h2-10,13,23H,11-12H2,1H3,(H,24,26)/t13-/m1/s1. The molecule has 152 valence electrons. The Labute approximate surface area is 171 Å². The summed E-state index contributed by atoms with van der Waals surface area (Å²) < 4.78 is 21.6. The van der Waals surface area contributed by atoms with E-state index < -0.39 is 0 Å². The summed E-state index contributed by atoms with van der Waals surface area (Å²) in [7, 11) is 0. The third-order valence-corrected chi connectivity index (χ3v) is 4.92. The number of rotatable bonds is 6. The van der Waals surface area contributed by atoms with E-state index in [1.807, 2.05) is 37.4 Å². The van der Waals surface area contributed by atoms with Gasteiger partial charge in [0.05, 0.1) is 6.04 Å². The van der Waals surface area contributed by atoms with E-state index in [1.165, 1.54) is 6.26 Å². The Bertz CT molecular complexity index is 1210. The van der Waals surface area contributed by atoms with E-state index in [9.17, 15) is 4.79 Å². The number of nitrogens with zero attached hydrogens (tertiary/aromatic N) is 1. The summed E-state index contributed by atoms with van der Waals surface area (Å²) in [5, 5.41) is 4.04. The maximum absolute atomic E-state index is 12.5. The number of carbonyl (C=O) groups is 1. The van der Waals surface area contributed by atoms with Gasteiger partial charge in [0.25, 0.3) is 5.91 Å². The summed E-state index contributed by atoms with van der Waals surface area (Å²) in [5.41, 5.74) is 2.26. The van der Waals surface area contributed by atoms with E-state index >= 15 is 0 Å². The summed E-state index contributed by atoms with van der Waals surface area (Å²) in [6, 6.07) is 13.1.